The van der Waals surface area contributed by atoms with Crippen molar-refractivity contribution in [2.24, 2.45) is 0 Å². The summed E-state index contributed by atoms with van der Waals surface area (Å²) in [5, 5.41) is 1.38. The average molecular weight is 454 g/mol. The summed E-state index contributed by atoms with van der Waals surface area (Å²) < 4.78 is 0. The van der Waals surface area contributed by atoms with Crippen molar-refractivity contribution in [1.29, 1.82) is 0 Å². The van der Waals surface area contributed by atoms with Crippen molar-refractivity contribution in [2.75, 3.05) is 45.2 Å². The molecule has 5 rings (SSSR count). The maximum Gasteiger partial charge on any atom is 0.228 e. The van der Waals surface area contributed by atoms with Crippen molar-refractivity contribution >= 4 is 22.9 Å². The lowest BCUT2D eigenvalue weighted by atomic mass is 9.91. The van der Waals surface area contributed by atoms with Crippen LogP contribution in [0, 0.1) is 0 Å². The van der Waals surface area contributed by atoms with Crippen LogP contribution < -0.4 is 4.90 Å². The maximum absolute atomic E-state index is 11.9. The van der Waals surface area contributed by atoms with Crippen molar-refractivity contribution < 1.29 is 4.79 Å². The number of carbonyl (C=O) groups is 1. The van der Waals surface area contributed by atoms with Crippen LogP contribution in [0.4, 0.5) is 5.69 Å². The van der Waals surface area contributed by atoms with Gasteiger partial charge in [-0.15, -0.1) is 11.3 Å². The van der Waals surface area contributed by atoms with Gasteiger partial charge in [0.15, 0.2) is 0 Å². The predicted octanol–water partition coefficient (Wildman–Crippen LogP) is 3.51. The highest BCUT2D eigenvalue weighted by Gasteiger charge is 2.29. The Balaban J connectivity index is 1.15. The number of thiazole rings is 1. The van der Waals surface area contributed by atoms with Gasteiger partial charge >= 0.3 is 0 Å². The van der Waals surface area contributed by atoms with Crippen LogP contribution in [-0.4, -0.2) is 72.0 Å². The number of rotatable bonds is 5. The lowest BCUT2D eigenvalue weighted by Crippen LogP contribution is -2.41. The van der Waals surface area contributed by atoms with E-state index in [-0.39, 0.29) is 5.91 Å². The smallest absolute Gasteiger partial charge is 0.228 e. The quantitative estimate of drug-likeness (QED) is 0.694. The molecule has 32 heavy (non-hydrogen) atoms. The minimum Gasteiger partial charge on any atom is -0.370 e. The highest BCUT2D eigenvalue weighted by Crippen LogP contribution is 2.36. The second kappa shape index (κ2) is 9.48. The highest BCUT2D eigenvalue weighted by atomic mass is 32.1. The predicted molar refractivity (Wildman–Crippen MR) is 130 cm³/mol. The monoisotopic (exact) mass is 453 g/mol. The number of pyridine rings is 1. The van der Waals surface area contributed by atoms with E-state index >= 15 is 0 Å². The van der Waals surface area contributed by atoms with E-state index in [0.717, 1.165) is 49.8 Å². The van der Waals surface area contributed by atoms with Crippen LogP contribution in [0.25, 0.3) is 0 Å². The van der Waals surface area contributed by atoms with Crippen molar-refractivity contribution in [3.8, 4) is 0 Å². The number of anilines is 1. The molecular weight excluding hydrogens is 418 g/mol. The van der Waals surface area contributed by atoms with E-state index in [2.05, 4.69) is 20.9 Å². The van der Waals surface area contributed by atoms with Gasteiger partial charge in [0.2, 0.25) is 5.91 Å². The van der Waals surface area contributed by atoms with Crippen LogP contribution in [0.2, 0.25) is 0 Å². The molecule has 6 nitrogen and oxygen atoms in total. The van der Waals surface area contributed by atoms with Gasteiger partial charge in [-0.3, -0.25) is 14.7 Å². The van der Waals surface area contributed by atoms with Gasteiger partial charge in [0.05, 0.1) is 29.0 Å². The Morgan fingerprint density at radius 2 is 1.88 bits per heavy atom. The Morgan fingerprint density at radius 3 is 2.53 bits per heavy atom. The Hall–Kier alpha value is -1.99. The van der Waals surface area contributed by atoms with E-state index in [1.165, 1.54) is 49.5 Å². The summed E-state index contributed by atoms with van der Waals surface area (Å²) in [6.07, 6.45) is 11.1. The van der Waals surface area contributed by atoms with Gasteiger partial charge in [0.25, 0.3) is 0 Å². The van der Waals surface area contributed by atoms with Crippen LogP contribution in [0.1, 0.15) is 59.3 Å². The van der Waals surface area contributed by atoms with E-state index in [9.17, 15) is 4.79 Å². The molecule has 2 aromatic heterocycles. The van der Waals surface area contributed by atoms with Crippen molar-refractivity contribution in [1.82, 2.24) is 19.8 Å². The van der Waals surface area contributed by atoms with Crippen LogP contribution in [0.5, 0.6) is 0 Å². The molecule has 0 bridgehead atoms. The fourth-order valence-electron chi connectivity index (χ4n) is 5.10. The largest absolute Gasteiger partial charge is 0.370 e. The zero-order valence-electron chi connectivity index (χ0n) is 19.4. The topological polar surface area (TPSA) is 52.6 Å². The molecule has 4 heterocycles. The third-order valence-corrected chi connectivity index (χ3v) is 8.82. The van der Waals surface area contributed by atoms with Crippen LogP contribution in [0.3, 0.4) is 0 Å². The molecule has 1 saturated heterocycles. The third-order valence-electron chi connectivity index (χ3n) is 7.50. The molecule has 1 saturated carbocycles. The first kappa shape index (κ1) is 21.8. The highest BCUT2D eigenvalue weighted by molar-refractivity contribution is 7.11. The standard InChI is InChI=1S/C25H35N5OS/c1-28(2)24(31)16-19-6-7-21(17-26-19)30-12-8-18(9-13-30)25-27-22-10-14-29(20-4-3-5-20)15-11-23(22)32-25/h6-7,17-18,20H,3-5,8-16H2,1-2H3. The normalized spacial score (nSPS) is 20.5. The summed E-state index contributed by atoms with van der Waals surface area (Å²) in [7, 11) is 3.57. The lowest BCUT2D eigenvalue weighted by Gasteiger charge is -2.36. The van der Waals surface area contributed by atoms with Gasteiger partial charge in [0, 0.05) is 69.2 Å². The van der Waals surface area contributed by atoms with Gasteiger partial charge in [-0.2, -0.15) is 0 Å². The summed E-state index contributed by atoms with van der Waals surface area (Å²) in [4.78, 5) is 29.9. The van der Waals surface area contributed by atoms with Crippen molar-refractivity contribution in [3.63, 3.8) is 0 Å². The molecular formula is C25H35N5OS. The summed E-state index contributed by atoms with van der Waals surface area (Å²) in [6.45, 7) is 4.51. The first-order valence-corrected chi connectivity index (χ1v) is 13.0. The zero-order valence-corrected chi connectivity index (χ0v) is 20.2. The number of piperidine rings is 1. The van der Waals surface area contributed by atoms with Crippen LogP contribution in [-0.2, 0) is 24.1 Å². The van der Waals surface area contributed by atoms with E-state index in [1.807, 2.05) is 23.6 Å². The SMILES string of the molecule is CN(C)C(=O)Cc1ccc(N2CCC(c3nc4c(s3)CCN(C3CCC3)CC4)CC2)cn1. The molecule has 0 atom stereocenters. The Bertz CT molecular complexity index is 903. The minimum atomic E-state index is 0.0867. The number of nitrogens with zero attached hydrogens (tertiary/aromatic N) is 5. The van der Waals surface area contributed by atoms with Crippen molar-refractivity contribution in [2.45, 2.75) is 63.3 Å². The molecule has 0 spiro atoms. The van der Waals surface area contributed by atoms with Crippen molar-refractivity contribution in [3.05, 3.63) is 39.6 Å². The number of amides is 1. The summed E-state index contributed by atoms with van der Waals surface area (Å²) in [5.74, 6) is 0.680. The summed E-state index contributed by atoms with van der Waals surface area (Å²) in [5.41, 5.74) is 3.39. The number of likely N-dealkylation sites (N-methyl/N-ethyl adjacent to an activating group) is 1. The second-order valence-corrected chi connectivity index (χ2v) is 10.9. The van der Waals surface area contributed by atoms with E-state index in [1.54, 1.807) is 23.9 Å². The first-order valence-electron chi connectivity index (χ1n) is 12.2. The molecule has 1 amide bonds. The Kier molecular flexibility index (Phi) is 6.47. The Labute approximate surface area is 195 Å². The van der Waals surface area contributed by atoms with E-state index in [0.29, 0.717) is 12.3 Å². The fourth-order valence-corrected chi connectivity index (χ4v) is 6.37. The molecule has 2 aromatic rings. The summed E-state index contributed by atoms with van der Waals surface area (Å²) >= 11 is 2.00. The number of hydrogen-bond acceptors (Lipinski definition) is 6. The Morgan fingerprint density at radius 1 is 1.09 bits per heavy atom. The molecule has 2 fully saturated rings. The molecule has 3 aliphatic rings. The molecule has 1 aliphatic carbocycles. The number of hydrogen-bond donors (Lipinski definition) is 0. The van der Waals surface area contributed by atoms with E-state index in [4.69, 9.17) is 4.98 Å². The first-order chi connectivity index (χ1) is 15.6. The van der Waals surface area contributed by atoms with Gasteiger partial charge < -0.3 is 9.80 Å². The van der Waals surface area contributed by atoms with Crippen LogP contribution in [0.15, 0.2) is 18.3 Å². The molecule has 0 aromatic carbocycles. The molecule has 0 radical (unpaired) electrons. The second-order valence-electron chi connectivity index (χ2n) is 9.78. The average Bonchev–Trinajstić information content (AvgIpc) is 3.08. The van der Waals surface area contributed by atoms with Gasteiger partial charge in [0.1, 0.15) is 0 Å². The number of aromatic nitrogens is 2. The van der Waals surface area contributed by atoms with E-state index < -0.39 is 0 Å². The van der Waals surface area contributed by atoms with Gasteiger partial charge in [-0.05, 0) is 44.2 Å². The summed E-state index contributed by atoms with van der Waals surface area (Å²) in [6, 6.07) is 4.96. The number of fused-ring (bicyclic) bond motifs is 1. The molecule has 172 valence electrons. The van der Waals surface area contributed by atoms with Gasteiger partial charge in [-0.1, -0.05) is 6.42 Å². The molecule has 2 aliphatic heterocycles. The third kappa shape index (κ3) is 4.69. The molecule has 0 unspecified atom stereocenters. The molecule has 7 heteroatoms. The fraction of sp³-hybridized carbons (Fsp3) is 0.640. The molecule has 0 N–H and O–H groups in total. The zero-order chi connectivity index (χ0) is 22.1. The minimum absolute atomic E-state index is 0.0867. The lowest BCUT2D eigenvalue weighted by molar-refractivity contribution is -0.128. The van der Waals surface area contributed by atoms with Crippen LogP contribution >= 0.6 is 11.3 Å². The maximum atomic E-state index is 11.9. The van der Waals surface area contributed by atoms with Gasteiger partial charge in [-0.25, -0.2) is 4.98 Å². The number of carbonyl (C=O) groups excluding carboxylic acids is 1.